The van der Waals surface area contributed by atoms with Crippen LogP contribution in [-0.4, -0.2) is 10.0 Å². The van der Waals surface area contributed by atoms with Crippen LogP contribution in [0.4, 0.5) is 11.4 Å². The largest absolute Gasteiger partial charge is 0.508 e. The minimum Gasteiger partial charge on any atom is -0.508 e. The fraction of sp³-hybridized carbons (Fsp3) is 0.0526. The van der Waals surface area contributed by atoms with Gasteiger partial charge < -0.3 is 10.4 Å². The van der Waals surface area contributed by atoms with E-state index in [2.05, 4.69) is 5.32 Å². The van der Waals surface area contributed by atoms with Gasteiger partial charge in [0.05, 0.1) is 4.92 Å². The molecule has 0 amide bonds. The molecular weight excluding hydrogens is 304 g/mol. The Bertz CT molecular complexity index is 863. The van der Waals surface area contributed by atoms with Crippen molar-refractivity contribution in [3.63, 3.8) is 0 Å². The predicted molar refractivity (Wildman–Crippen MR) is 94.0 cm³/mol. The highest BCUT2D eigenvalue weighted by atomic mass is 16.6. The summed E-state index contributed by atoms with van der Waals surface area (Å²) < 4.78 is 0. The Labute approximate surface area is 139 Å². The number of nitrogens with one attached hydrogen (secondary N) is 1. The summed E-state index contributed by atoms with van der Waals surface area (Å²) in [5, 5.41) is 23.9. The molecule has 0 saturated carbocycles. The third kappa shape index (κ3) is 3.52. The van der Waals surface area contributed by atoms with E-state index in [0.717, 1.165) is 16.8 Å². The smallest absolute Gasteiger partial charge is 0.270 e. The number of phenols is 1. The summed E-state index contributed by atoms with van der Waals surface area (Å²) in [7, 11) is 0. The van der Waals surface area contributed by atoms with Crippen LogP contribution in [0.1, 0.15) is 5.56 Å². The molecule has 2 N–H and O–H groups in total. The van der Waals surface area contributed by atoms with Crippen molar-refractivity contribution in [1.29, 1.82) is 0 Å². The van der Waals surface area contributed by atoms with Crippen molar-refractivity contribution in [3.8, 4) is 16.9 Å². The SMILES string of the molecule is O=[N+]([O-])c1ccc(O)c(CNc2cccc(-c3ccccc3)c2)c1. The molecule has 0 saturated heterocycles. The van der Waals surface area contributed by atoms with Crippen LogP contribution in [0.25, 0.3) is 11.1 Å². The summed E-state index contributed by atoms with van der Waals surface area (Å²) in [6.45, 7) is 0.297. The van der Waals surface area contributed by atoms with E-state index in [1.165, 1.54) is 18.2 Å². The minimum atomic E-state index is -0.473. The van der Waals surface area contributed by atoms with E-state index in [-0.39, 0.29) is 11.4 Å². The first-order valence-electron chi connectivity index (χ1n) is 7.49. The van der Waals surface area contributed by atoms with Crippen LogP contribution >= 0.6 is 0 Å². The zero-order valence-electron chi connectivity index (χ0n) is 12.8. The molecule has 0 unspecified atom stereocenters. The second kappa shape index (κ2) is 6.83. The molecule has 3 aromatic rings. The molecular formula is C19H16N2O3. The molecule has 0 radical (unpaired) electrons. The lowest BCUT2D eigenvalue weighted by molar-refractivity contribution is -0.384. The third-order valence-electron chi connectivity index (χ3n) is 3.73. The maximum Gasteiger partial charge on any atom is 0.270 e. The van der Waals surface area contributed by atoms with Crippen LogP contribution in [0.15, 0.2) is 72.8 Å². The van der Waals surface area contributed by atoms with Gasteiger partial charge in [0.15, 0.2) is 0 Å². The second-order valence-electron chi connectivity index (χ2n) is 5.37. The first kappa shape index (κ1) is 15.6. The normalized spacial score (nSPS) is 10.3. The summed E-state index contributed by atoms with van der Waals surface area (Å²) in [5.74, 6) is 0.0345. The van der Waals surface area contributed by atoms with Crippen molar-refractivity contribution in [2.24, 2.45) is 0 Å². The number of rotatable bonds is 5. The van der Waals surface area contributed by atoms with Crippen molar-refractivity contribution in [2.45, 2.75) is 6.54 Å². The molecule has 24 heavy (non-hydrogen) atoms. The zero-order chi connectivity index (χ0) is 16.9. The molecule has 0 spiro atoms. The standard InChI is InChI=1S/C19H16N2O3/c22-19-10-9-18(21(23)24)12-16(19)13-20-17-8-4-7-15(11-17)14-5-2-1-3-6-14/h1-12,20,22H,13H2. The average Bonchev–Trinajstić information content (AvgIpc) is 2.62. The highest BCUT2D eigenvalue weighted by Gasteiger charge is 2.10. The molecule has 5 nitrogen and oxygen atoms in total. The number of hydrogen-bond acceptors (Lipinski definition) is 4. The monoisotopic (exact) mass is 320 g/mol. The number of non-ortho nitro benzene ring substituents is 1. The Hall–Kier alpha value is -3.34. The van der Waals surface area contributed by atoms with Crippen LogP contribution < -0.4 is 5.32 Å². The molecule has 0 aliphatic heterocycles. The number of hydrogen-bond donors (Lipinski definition) is 2. The Morgan fingerprint density at radius 2 is 1.67 bits per heavy atom. The van der Waals surface area contributed by atoms with Gasteiger partial charge >= 0.3 is 0 Å². The number of nitro groups is 1. The maximum atomic E-state index is 10.8. The van der Waals surface area contributed by atoms with Gasteiger partial charge in [-0.25, -0.2) is 0 Å². The van der Waals surface area contributed by atoms with Gasteiger partial charge in [0.25, 0.3) is 5.69 Å². The van der Waals surface area contributed by atoms with Gasteiger partial charge in [-0.1, -0.05) is 42.5 Å². The average molecular weight is 320 g/mol. The lowest BCUT2D eigenvalue weighted by atomic mass is 10.1. The lowest BCUT2D eigenvalue weighted by Gasteiger charge is -2.10. The summed E-state index contributed by atoms with van der Waals surface area (Å²) in [6.07, 6.45) is 0. The molecule has 0 aliphatic carbocycles. The fourth-order valence-corrected chi connectivity index (χ4v) is 2.46. The number of benzene rings is 3. The highest BCUT2D eigenvalue weighted by molar-refractivity contribution is 5.68. The van der Waals surface area contributed by atoms with E-state index in [1.54, 1.807) is 0 Å². The highest BCUT2D eigenvalue weighted by Crippen LogP contribution is 2.26. The van der Waals surface area contributed by atoms with Gasteiger partial charge in [0.1, 0.15) is 5.75 Å². The van der Waals surface area contributed by atoms with Gasteiger partial charge in [0, 0.05) is 29.9 Å². The third-order valence-corrected chi connectivity index (χ3v) is 3.73. The zero-order valence-corrected chi connectivity index (χ0v) is 12.8. The summed E-state index contributed by atoms with van der Waals surface area (Å²) in [5.41, 5.74) is 3.50. The molecule has 0 bridgehead atoms. The quantitative estimate of drug-likeness (QED) is 0.533. The van der Waals surface area contributed by atoms with E-state index in [0.29, 0.717) is 12.1 Å². The van der Waals surface area contributed by atoms with E-state index < -0.39 is 4.92 Å². The van der Waals surface area contributed by atoms with Crippen molar-refractivity contribution < 1.29 is 10.0 Å². The molecule has 3 rings (SSSR count). The molecule has 0 heterocycles. The van der Waals surface area contributed by atoms with Crippen molar-refractivity contribution >= 4 is 11.4 Å². The Morgan fingerprint density at radius 1 is 0.917 bits per heavy atom. The van der Waals surface area contributed by atoms with E-state index >= 15 is 0 Å². The molecule has 0 aromatic heterocycles. The number of phenolic OH excluding ortho intramolecular Hbond substituents is 1. The number of aromatic hydroxyl groups is 1. The Morgan fingerprint density at radius 3 is 2.42 bits per heavy atom. The minimum absolute atomic E-state index is 0.0345. The number of nitro benzene ring substituents is 1. The Kier molecular flexibility index (Phi) is 4.43. The van der Waals surface area contributed by atoms with Crippen molar-refractivity contribution in [2.75, 3.05) is 5.32 Å². The van der Waals surface area contributed by atoms with Crippen LogP contribution in [0, 0.1) is 10.1 Å². The summed E-state index contributed by atoms with van der Waals surface area (Å²) in [4.78, 5) is 10.4. The first-order valence-corrected chi connectivity index (χ1v) is 7.49. The topological polar surface area (TPSA) is 75.4 Å². The van der Waals surface area contributed by atoms with Crippen LogP contribution in [0.2, 0.25) is 0 Å². The summed E-state index contributed by atoms with van der Waals surface area (Å²) in [6, 6.07) is 21.9. The molecule has 0 aliphatic rings. The molecule has 120 valence electrons. The van der Waals surface area contributed by atoms with Gasteiger partial charge in [-0.2, -0.15) is 0 Å². The number of anilines is 1. The van der Waals surface area contributed by atoms with Crippen LogP contribution in [0.5, 0.6) is 5.75 Å². The van der Waals surface area contributed by atoms with Crippen molar-refractivity contribution in [3.05, 3.63) is 88.5 Å². The van der Waals surface area contributed by atoms with Crippen LogP contribution in [-0.2, 0) is 6.54 Å². The van der Waals surface area contributed by atoms with E-state index in [9.17, 15) is 15.2 Å². The molecule has 0 atom stereocenters. The van der Waals surface area contributed by atoms with Gasteiger partial charge in [-0.15, -0.1) is 0 Å². The number of nitrogens with zero attached hydrogens (tertiary/aromatic N) is 1. The van der Waals surface area contributed by atoms with E-state index in [1.807, 2.05) is 54.6 Å². The molecule has 0 fully saturated rings. The second-order valence-corrected chi connectivity index (χ2v) is 5.37. The maximum absolute atomic E-state index is 10.8. The van der Waals surface area contributed by atoms with Gasteiger partial charge in [-0.3, -0.25) is 10.1 Å². The lowest BCUT2D eigenvalue weighted by Crippen LogP contribution is -2.01. The van der Waals surface area contributed by atoms with Gasteiger partial charge in [-0.05, 0) is 29.3 Å². The van der Waals surface area contributed by atoms with Gasteiger partial charge in [0.2, 0.25) is 0 Å². The molecule has 3 aromatic carbocycles. The molecule has 5 heteroatoms. The fourth-order valence-electron chi connectivity index (χ4n) is 2.46. The first-order chi connectivity index (χ1) is 11.6. The Balaban J connectivity index is 1.78. The van der Waals surface area contributed by atoms with E-state index in [4.69, 9.17) is 0 Å². The predicted octanol–water partition coefficient (Wildman–Crippen LogP) is 4.58. The van der Waals surface area contributed by atoms with Crippen molar-refractivity contribution in [1.82, 2.24) is 0 Å². The van der Waals surface area contributed by atoms with Crippen LogP contribution in [0.3, 0.4) is 0 Å². The summed E-state index contributed by atoms with van der Waals surface area (Å²) >= 11 is 0.